The van der Waals surface area contributed by atoms with E-state index in [0.29, 0.717) is 5.82 Å². The average Bonchev–Trinajstić information content (AvgIpc) is 2.85. The molecule has 0 saturated heterocycles. The summed E-state index contributed by atoms with van der Waals surface area (Å²) in [6.07, 6.45) is 5.79. The minimum absolute atomic E-state index is 0.0683. The third kappa shape index (κ3) is 6.09. The summed E-state index contributed by atoms with van der Waals surface area (Å²) in [5, 5.41) is 6.96. The summed E-state index contributed by atoms with van der Waals surface area (Å²) in [6.45, 7) is 6.18. The molecule has 1 aliphatic carbocycles. The van der Waals surface area contributed by atoms with E-state index < -0.39 is 0 Å². The summed E-state index contributed by atoms with van der Waals surface area (Å²) in [4.78, 5) is 23.2. The van der Waals surface area contributed by atoms with Crippen molar-refractivity contribution in [1.29, 1.82) is 0 Å². The van der Waals surface area contributed by atoms with Crippen LogP contribution in [0.2, 0.25) is 0 Å². The molecular formula is C29H36N4O. The third-order valence-electron chi connectivity index (χ3n) is 6.58. The van der Waals surface area contributed by atoms with Crippen molar-refractivity contribution < 1.29 is 4.79 Å². The molecule has 2 atom stereocenters. The van der Waals surface area contributed by atoms with Gasteiger partial charge in [0.25, 0.3) is 0 Å². The number of carbonyl (C=O) groups is 1. The van der Waals surface area contributed by atoms with E-state index in [9.17, 15) is 4.79 Å². The molecule has 1 heterocycles. The molecule has 0 spiro atoms. The van der Waals surface area contributed by atoms with Gasteiger partial charge < -0.3 is 5.32 Å². The lowest BCUT2D eigenvalue weighted by Crippen LogP contribution is -2.52. The van der Waals surface area contributed by atoms with Crippen LogP contribution < -0.4 is 10.6 Å². The Morgan fingerprint density at radius 2 is 1.56 bits per heavy atom. The van der Waals surface area contributed by atoms with E-state index in [1.165, 1.54) is 19.3 Å². The zero-order valence-electron chi connectivity index (χ0n) is 20.5. The second kappa shape index (κ2) is 11.4. The molecule has 2 N–H and O–H groups in total. The summed E-state index contributed by atoms with van der Waals surface area (Å²) < 4.78 is 0. The molecular weight excluding hydrogens is 420 g/mol. The van der Waals surface area contributed by atoms with Gasteiger partial charge in [0, 0.05) is 17.3 Å². The largest absolute Gasteiger partial charge is 0.352 e. The van der Waals surface area contributed by atoms with Gasteiger partial charge in [-0.1, -0.05) is 93.8 Å². The number of nitrogens with zero attached hydrogens (tertiary/aromatic N) is 2. The number of rotatable bonds is 8. The Hall–Kier alpha value is -3.05. The molecule has 0 aliphatic heterocycles. The lowest BCUT2D eigenvalue weighted by Gasteiger charge is -2.30. The number of aromatic nitrogens is 2. The topological polar surface area (TPSA) is 66.9 Å². The smallest absolute Gasteiger partial charge is 0.237 e. The number of hydrogen-bond acceptors (Lipinski definition) is 4. The van der Waals surface area contributed by atoms with Crippen molar-refractivity contribution in [3.63, 3.8) is 0 Å². The van der Waals surface area contributed by atoms with Gasteiger partial charge in [-0.3, -0.25) is 10.1 Å². The number of nitrogens with one attached hydrogen (secondary N) is 2. The van der Waals surface area contributed by atoms with Gasteiger partial charge in [-0.2, -0.15) is 0 Å². The van der Waals surface area contributed by atoms with Gasteiger partial charge in [-0.15, -0.1) is 0 Å². The highest BCUT2D eigenvalue weighted by Crippen LogP contribution is 2.25. The van der Waals surface area contributed by atoms with Crippen molar-refractivity contribution in [2.24, 2.45) is 5.92 Å². The molecule has 4 rings (SSSR count). The molecule has 178 valence electrons. The number of carbonyl (C=O) groups excluding carboxylic acids is 1. The maximum atomic E-state index is 13.4. The number of benzene rings is 2. The predicted octanol–water partition coefficient (Wildman–Crippen LogP) is 5.60. The zero-order chi connectivity index (χ0) is 23.9. The van der Waals surface area contributed by atoms with Crippen LogP contribution in [0.5, 0.6) is 0 Å². The molecule has 1 saturated carbocycles. The molecule has 34 heavy (non-hydrogen) atoms. The third-order valence-corrected chi connectivity index (χ3v) is 6.58. The highest BCUT2D eigenvalue weighted by molar-refractivity contribution is 5.82. The Kier molecular flexibility index (Phi) is 8.07. The van der Waals surface area contributed by atoms with Gasteiger partial charge in [-0.25, -0.2) is 9.97 Å². The maximum absolute atomic E-state index is 13.4. The van der Waals surface area contributed by atoms with Gasteiger partial charge in [0.2, 0.25) is 5.91 Å². The molecule has 5 heteroatoms. The van der Waals surface area contributed by atoms with E-state index in [2.05, 4.69) is 48.7 Å². The minimum atomic E-state index is -0.351. The first-order chi connectivity index (χ1) is 16.5. The highest BCUT2D eigenvalue weighted by atomic mass is 16.2. The summed E-state index contributed by atoms with van der Waals surface area (Å²) in [5.74, 6) is 0.869. The van der Waals surface area contributed by atoms with Gasteiger partial charge >= 0.3 is 0 Å². The minimum Gasteiger partial charge on any atom is -0.352 e. The second-order valence-electron chi connectivity index (χ2n) is 9.69. The van der Waals surface area contributed by atoms with Crippen LogP contribution in [0, 0.1) is 12.8 Å². The van der Waals surface area contributed by atoms with E-state index in [4.69, 9.17) is 9.97 Å². The summed E-state index contributed by atoms with van der Waals surface area (Å²) >= 11 is 0. The van der Waals surface area contributed by atoms with Crippen LogP contribution in [-0.2, 0) is 4.79 Å². The SMILES string of the molecule is Cc1cc(-c2ccccc2)nc([C@@H](N[C@H](C(=O)NC2CCCCC2)C(C)C)c2ccccc2)n1. The Labute approximate surface area is 203 Å². The van der Waals surface area contributed by atoms with Crippen molar-refractivity contribution in [3.8, 4) is 11.3 Å². The van der Waals surface area contributed by atoms with Crippen LogP contribution >= 0.6 is 0 Å². The van der Waals surface area contributed by atoms with Gasteiger partial charge in [0.05, 0.1) is 17.8 Å². The van der Waals surface area contributed by atoms with Crippen molar-refractivity contribution in [2.45, 2.75) is 71.0 Å². The van der Waals surface area contributed by atoms with E-state index in [0.717, 1.165) is 35.4 Å². The lowest BCUT2D eigenvalue weighted by atomic mass is 9.94. The predicted molar refractivity (Wildman–Crippen MR) is 137 cm³/mol. The number of amides is 1. The number of aryl methyl sites for hydroxylation is 1. The molecule has 0 radical (unpaired) electrons. The van der Waals surface area contributed by atoms with E-state index >= 15 is 0 Å². The first kappa shape index (κ1) is 24.1. The molecule has 5 nitrogen and oxygen atoms in total. The van der Waals surface area contributed by atoms with Crippen molar-refractivity contribution >= 4 is 5.91 Å². The van der Waals surface area contributed by atoms with Crippen molar-refractivity contribution in [1.82, 2.24) is 20.6 Å². The van der Waals surface area contributed by atoms with E-state index in [1.54, 1.807) is 0 Å². The molecule has 0 unspecified atom stereocenters. The van der Waals surface area contributed by atoms with Crippen molar-refractivity contribution in [2.75, 3.05) is 0 Å². The first-order valence-electron chi connectivity index (χ1n) is 12.5. The average molecular weight is 457 g/mol. The molecule has 0 bridgehead atoms. The Bertz CT molecular complexity index is 1060. The maximum Gasteiger partial charge on any atom is 0.237 e. The second-order valence-corrected chi connectivity index (χ2v) is 9.69. The van der Waals surface area contributed by atoms with E-state index in [1.807, 2.05) is 49.4 Å². The van der Waals surface area contributed by atoms with Gasteiger partial charge in [-0.05, 0) is 37.3 Å². The summed E-state index contributed by atoms with van der Waals surface area (Å²) in [5.41, 5.74) is 3.89. The zero-order valence-corrected chi connectivity index (χ0v) is 20.5. The molecule has 1 aliphatic rings. The van der Waals surface area contributed by atoms with Crippen LogP contribution in [-0.4, -0.2) is 28.0 Å². The van der Waals surface area contributed by atoms with Gasteiger partial charge in [0.1, 0.15) is 0 Å². The van der Waals surface area contributed by atoms with Crippen molar-refractivity contribution in [3.05, 3.63) is 83.8 Å². The molecule has 1 fully saturated rings. The fourth-order valence-electron chi connectivity index (χ4n) is 4.73. The van der Waals surface area contributed by atoms with E-state index in [-0.39, 0.29) is 30.0 Å². The first-order valence-corrected chi connectivity index (χ1v) is 12.5. The lowest BCUT2D eigenvalue weighted by molar-refractivity contribution is -0.125. The molecule has 3 aromatic rings. The van der Waals surface area contributed by atoms with Crippen LogP contribution in [0.4, 0.5) is 0 Å². The van der Waals surface area contributed by atoms with Crippen LogP contribution in [0.25, 0.3) is 11.3 Å². The van der Waals surface area contributed by atoms with Crippen LogP contribution in [0.1, 0.15) is 69.1 Å². The normalized spacial score (nSPS) is 16.2. The fourth-order valence-corrected chi connectivity index (χ4v) is 4.73. The fraction of sp³-hybridized carbons (Fsp3) is 0.414. The quantitative estimate of drug-likeness (QED) is 0.463. The monoisotopic (exact) mass is 456 g/mol. The Morgan fingerprint density at radius 1 is 0.912 bits per heavy atom. The summed E-state index contributed by atoms with van der Waals surface area (Å²) in [6, 6.07) is 22.0. The standard InChI is InChI=1S/C29H36N4O/c1-20(2)26(29(34)31-24-17-11-6-12-18-24)33-27(23-15-9-5-10-16-23)28-30-21(3)19-25(32-28)22-13-7-4-8-14-22/h4-5,7-10,13-16,19-20,24,26-27,33H,6,11-12,17-18H2,1-3H3,(H,31,34)/t26-,27-/m0/s1. The summed E-state index contributed by atoms with van der Waals surface area (Å²) in [7, 11) is 0. The Morgan fingerprint density at radius 3 is 2.21 bits per heavy atom. The molecule has 1 amide bonds. The number of hydrogen-bond donors (Lipinski definition) is 2. The Balaban J connectivity index is 1.66. The van der Waals surface area contributed by atoms with Crippen LogP contribution in [0.3, 0.4) is 0 Å². The highest BCUT2D eigenvalue weighted by Gasteiger charge is 2.30. The molecule has 2 aromatic carbocycles. The molecule has 1 aromatic heterocycles. The van der Waals surface area contributed by atoms with Gasteiger partial charge in [0.15, 0.2) is 5.82 Å². The van der Waals surface area contributed by atoms with Crippen LogP contribution in [0.15, 0.2) is 66.7 Å².